The Morgan fingerprint density at radius 2 is 2.26 bits per heavy atom. The van der Waals surface area contributed by atoms with E-state index < -0.39 is 0 Å². The third kappa shape index (κ3) is 2.10. The number of nitrogens with zero attached hydrogens (tertiary/aromatic N) is 1. The van der Waals surface area contributed by atoms with Crippen LogP contribution in [0.4, 0.5) is 0 Å². The van der Waals surface area contributed by atoms with Gasteiger partial charge in [-0.1, -0.05) is 19.4 Å². The van der Waals surface area contributed by atoms with Crippen LogP contribution in [-0.2, 0) is 7.05 Å². The van der Waals surface area contributed by atoms with Gasteiger partial charge in [-0.2, -0.15) is 0 Å². The summed E-state index contributed by atoms with van der Waals surface area (Å²) in [6.45, 7) is 3.09. The predicted molar refractivity (Wildman–Crippen MR) is 75.2 cm³/mol. The highest BCUT2D eigenvalue weighted by atomic mass is 16.4. The molecule has 1 N–H and O–H groups in total. The SMILES string of the molecule is CCNC(c1ccc2c(c1)oc(=O)n2C)C1CCC1. The Bertz CT molecular complexity index is 637. The average Bonchev–Trinajstić information content (AvgIpc) is 2.62. The quantitative estimate of drug-likeness (QED) is 0.919. The lowest BCUT2D eigenvalue weighted by atomic mass is 9.77. The zero-order valence-electron chi connectivity index (χ0n) is 11.5. The van der Waals surface area contributed by atoms with Gasteiger partial charge in [-0.25, -0.2) is 4.79 Å². The highest BCUT2D eigenvalue weighted by Gasteiger charge is 2.28. The number of rotatable bonds is 4. The lowest BCUT2D eigenvalue weighted by Gasteiger charge is -2.34. The van der Waals surface area contributed by atoms with Gasteiger partial charge in [0.15, 0.2) is 5.58 Å². The standard InChI is InChI=1S/C15H20N2O2/c1-3-16-14(10-5-4-6-10)11-7-8-12-13(9-11)19-15(18)17(12)2/h7-10,14,16H,3-6H2,1-2H3. The number of hydrogen-bond donors (Lipinski definition) is 1. The van der Waals surface area contributed by atoms with Crippen LogP contribution in [0, 0.1) is 5.92 Å². The van der Waals surface area contributed by atoms with Crippen LogP contribution in [0.2, 0.25) is 0 Å². The molecule has 1 fully saturated rings. The molecule has 102 valence electrons. The lowest BCUT2D eigenvalue weighted by Crippen LogP contribution is -2.32. The summed E-state index contributed by atoms with van der Waals surface area (Å²) in [4.78, 5) is 11.5. The van der Waals surface area contributed by atoms with Gasteiger partial charge in [0.25, 0.3) is 0 Å². The van der Waals surface area contributed by atoms with Gasteiger partial charge in [0, 0.05) is 13.1 Å². The van der Waals surface area contributed by atoms with Crippen LogP contribution < -0.4 is 11.1 Å². The Labute approximate surface area is 112 Å². The molecule has 0 spiro atoms. The van der Waals surface area contributed by atoms with Gasteiger partial charge < -0.3 is 9.73 Å². The van der Waals surface area contributed by atoms with Gasteiger partial charge in [-0.05, 0) is 43.0 Å². The van der Waals surface area contributed by atoms with Crippen molar-refractivity contribution in [2.75, 3.05) is 6.54 Å². The van der Waals surface area contributed by atoms with E-state index in [1.165, 1.54) is 24.8 Å². The van der Waals surface area contributed by atoms with Crippen molar-refractivity contribution in [1.29, 1.82) is 0 Å². The molecule has 3 rings (SSSR count). The zero-order valence-corrected chi connectivity index (χ0v) is 11.5. The second kappa shape index (κ2) is 4.85. The maximum absolute atomic E-state index is 11.5. The molecular formula is C15H20N2O2. The molecule has 0 saturated heterocycles. The van der Waals surface area contributed by atoms with E-state index >= 15 is 0 Å². The first-order valence-corrected chi connectivity index (χ1v) is 7.03. The molecule has 1 atom stereocenters. The molecule has 0 amide bonds. The van der Waals surface area contributed by atoms with Crippen molar-refractivity contribution < 1.29 is 4.42 Å². The maximum Gasteiger partial charge on any atom is 0.419 e. The summed E-state index contributed by atoms with van der Waals surface area (Å²) in [5.74, 6) is 0.420. The highest BCUT2D eigenvalue weighted by molar-refractivity contribution is 5.73. The molecule has 0 bridgehead atoms. The highest BCUT2D eigenvalue weighted by Crippen LogP contribution is 2.38. The average molecular weight is 260 g/mol. The summed E-state index contributed by atoms with van der Waals surface area (Å²) in [7, 11) is 1.74. The number of nitrogens with one attached hydrogen (secondary N) is 1. The Morgan fingerprint density at radius 1 is 1.47 bits per heavy atom. The van der Waals surface area contributed by atoms with E-state index in [9.17, 15) is 4.79 Å². The van der Waals surface area contributed by atoms with Crippen LogP contribution in [-0.4, -0.2) is 11.1 Å². The molecule has 4 heteroatoms. The molecule has 1 unspecified atom stereocenters. The Hall–Kier alpha value is -1.55. The van der Waals surface area contributed by atoms with E-state index in [1.54, 1.807) is 11.6 Å². The Balaban J connectivity index is 2.00. The second-order valence-electron chi connectivity index (χ2n) is 5.38. The fourth-order valence-electron chi connectivity index (χ4n) is 2.89. The number of aromatic nitrogens is 1. The van der Waals surface area contributed by atoms with Crippen LogP contribution in [0.5, 0.6) is 0 Å². The van der Waals surface area contributed by atoms with Crippen molar-refractivity contribution in [3.8, 4) is 0 Å². The molecule has 0 radical (unpaired) electrons. The van der Waals surface area contributed by atoms with Gasteiger partial charge in [0.2, 0.25) is 0 Å². The third-order valence-electron chi connectivity index (χ3n) is 4.22. The van der Waals surface area contributed by atoms with E-state index in [4.69, 9.17) is 4.42 Å². The van der Waals surface area contributed by atoms with Crippen LogP contribution in [0.3, 0.4) is 0 Å². The van der Waals surface area contributed by atoms with E-state index in [0.29, 0.717) is 17.5 Å². The second-order valence-corrected chi connectivity index (χ2v) is 5.38. The molecule has 0 aliphatic heterocycles. The minimum absolute atomic E-state index is 0.296. The fraction of sp³-hybridized carbons (Fsp3) is 0.533. The molecule has 1 aromatic carbocycles. The van der Waals surface area contributed by atoms with Crippen molar-refractivity contribution in [1.82, 2.24) is 9.88 Å². The maximum atomic E-state index is 11.5. The van der Waals surface area contributed by atoms with E-state index in [-0.39, 0.29) is 5.76 Å². The first-order chi connectivity index (χ1) is 9.20. The molecule has 4 nitrogen and oxygen atoms in total. The molecule has 1 aliphatic rings. The van der Waals surface area contributed by atoms with Crippen molar-refractivity contribution >= 4 is 11.1 Å². The van der Waals surface area contributed by atoms with Gasteiger partial charge in [-0.3, -0.25) is 4.57 Å². The number of oxazole rings is 1. The first kappa shape index (κ1) is 12.5. The largest absolute Gasteiger partial charge is 0.419 e. The zero-order chi connectivity index (χ0) is 13.4. The monoisotopic (exact) mass is 260 g/mol. The molecule has 1 saturated carbocycles. The van der Waals surface area contributed by atoms with E-state index in [1.807, 2.05) is 12.1 Å². The number of hydrogen-bond acceptors (Lipinski definition) is 3. The summed E-state index contributed by atoms with van der Waals surface area (Å²) in [5, 5.41) is 3.56. The Morgan fingerprint density at radius 3 is 2.89 bits per heavy atom. The van der Waals surface area contributed by atoms with E-state index in [2.05, 4.69) is 18.3 Å². The summed E-state index contributed by atoms with van der Waals surface area (Å²) < 4.78 is 6.83. The topological polar surface area (TPSA) is 47.2 Å². The molecule has 2 aromatic rings. The van der Waals surface area contributed by atoms with Gasteiger partial charge in [-0.15, -0.1) is 0 Å². The van der Waals surface area contributed by atoms with Gasteiger partial charge in [0.05, 0.1) is 5.52 Å². The first-order valence-electron chi connectivity index (χ1n) is 7.03. The van der Waals surface area contributed by atoms with Gasteiger partial charge >= 0.3 is 5.76 Å². The summed E-state index contributed by atoms with van der Waals surface area (Å²) in [6.07, 6.45) is 3.90. The van der Waals surface area contributed by atoms with Gasteiger partial charge in [0.1, 0.15) is 0 Å². The smallest absolute Gasteiger partial charge is 0.408 e. The number of benzene rings is 1. The summed E-state index contributed by atoms with van der Waals surface area (Å²) in [5.41, 5.74) is 2.78. The molecule has 19 heavy (non-hydrogen) atoms. The molecular weight excluding hydrogens is 240 g/mol. The van der Waals surface area contributed by atoms with Crippen LogP contribution in [0.1, 0.15) is 37.8 Å². The Kier molecular flexibility index (Phi) is 3.19. The van der Waals surface area contributed by atoms with Crippen molar-refractivity contribution in [3.05, 3.63) is 34.3 Å². The minimum Gasteiger partial charge on any atom is -0.408 e. The fourth-order valence-corrected chi connectivity index (χ4v) is 2.89. The predicted octanol–water partition coefficient (Wildman–Crippen LogP) is 2.58. The number of aryl methyl sites for hydroxylation is 1. The molecule has 1 aromatic heterocycles. The van der Waals surface area contributed by atoms with Crippen LogP contribution in [0.25, 0.3) is 11.1 Å². The van der Waals surface area contributed by atoms with Crippen molar-refractivity contribution in [3.63, 3.8) is 0 Å². The lowest BCUT2D eigenvalue weighted by molar-refractivity contribution is 0.233. The van der Waals surface area contributed by atoms with Crippen LogP contribution in [0.15, 0.2) is 27.4 Å². The molecule has 1 aliphatic carbocycles. The molecule has 1 heterocycles. The third-order valence-corrected chi connectivity index (χ3v) is 4.22. The summed E-state index contributed by atoms with van der Waals surface area (Å²) >= 11 is 0. The normalized spacial score (nSPS) is 17.6. The van der Waals surface area contributed by atoms with Crippen molar-refractivity contribution in [2.24, 2.45) is 13.0 Å². The number of fused-ring (bicyclic) bond motifs is 1. The van der Waals surface area contributed by atoms with Crippen molar-refractivity contribution in [2.45, 2.75) is 32.2 Å². The van der Waals surface area contributed by atoms with Crippen LogP contribution >= 0.6 is 0 Å². The van der Waals surface area contributed by atoms with E-state index in [0.717, 1.165) is 12.1 Å². The minimum atomic E-state index is -0.296. The summed E-state index contributed by atoms with van der Waals surface area (Å²) in [6, 6.07) is 6.50.